The molecule has 9 heteroatoms. The van der Waals surface area contributed by atoms with E-state index in [1.165, 1.54) is 32.6 Å². The lowest BCUT2D eigenvalue weighted by atomic mass is 10.2. The molecule has 0 spiro atoms. The van der Waals surface area contributed by atoms with E-state index in [2.05, 4.69) is 10.5 Å². The summed E-state index contributed by atoms with van der Waals surface area (Å²) in [5.41, 5.74) is 4.29. The van der Waals surface area contributed by atoms with E-state index in [0.29, 0.717) is 28.4 Å². The Bertz CT molecular complexity index is 1130. The summed E-state index contributed by atoms with van der Waals surface area (Å²) in [6.45, 7) is 0.223. The van der Waals surface area contributed by atoms with Crippen LogP contribution < -0.4 is 19.6 Å². The number of carbonyl (C=O) groups excluding carboxylic acids is 1. The fourth-order valence-corrected chi connectivity index (χ4v) is 2.80. The first kappa shape index (κ1) is 22.3. The molecule has 0 bridgehead atoms. The lowest BCUT2D eigenvalue weighted by Crippen LogP contribution is -2.17. The molecule has 0 atom stereocenters. The molecule has 164 valence electrons. The first-order valence-electron chi connectivity index (χ1n) is 9.52. The number of ether oxygens (including phenoxy) is 3. The molecule has 3 aromatic carbocycles. The molecular formula is C23H21N3O6. The third-order valence-corrected chi connectivity index (χ3v) is 4.48. The van der Waals surface area contributed by atoms with Crippen LogP contribution in [0.1, 0.15) is 21.5 Å². The molecule has 0 heterocycles. The largest absolute Gasteiger partial charge is 0.493 e. The number of methoxy groups -OCH3 is 2. The molecule has 9 nitrogen and oxygen atoms in total. The first-order chi connectivity index (χ1) is 15.5. The molecular weight excluding hydrogens is 414 g/mol. The Labute approximate surface area is 184 Å². The second kappa shape index (κ2) is 10.6. The van der Waals surface area contributed by atoms with E-state index in [4.69, 9.17) is 14.2 Å². The number of non-ortho nitro benzene ring substituents is 1. The number of amides is 1. The lowest BCUT2D eigenvalue weighted by Gasteiger charge is -2.09. The highest BCUT2D eigenvalue weighted by molar-refractivity contribution is 5.95. The van der Waals surface area contributed by atoms with Gasteiger partial charge in [0.25, 0.3) is 11.6 Å². The Kier molecular flexibility index (Phi) is 7.37. The number of para-hydroxylation sites is 1. The van der Waals surface area contributed by atoms with Crippen molar-refractivity contribution < 1.29 is 23.9 Å². The molecule has 0 saturated heterocycles. The van der Waals surface area contributed by atoms with Gasteiger partial charge in [0.1, 0.15) is 12.4 Å². The van der Waals surface area contributed by atoms with Crippen LogP contribution >= 0.6 is 0 Å². The maximum Gasteiger partial charge on any atom is 0.271 e. The van der Waals surface area contributed by atoms with E-state index in [1.54, 1.807) is 42.5 Å². The van der Waals surface area contributed by atoms with E-state index in [1.807, 2.05) is 12.1 Å². The summed E-state index contributed by atoms with van der Waals surface area (Å²) in [4.78, 5) is 22.7. The fraction of sp³-hybridized carbons (Fsp3) is 0.130. The Morgan fingerprint density at radius 2 is 1.72 bits per heavy atom. The van der Waals surface area contributed by atoms with Crippen molar-refractivity contribution >= 4 is 17.8 Å². The van der Waals surface area contributed by atoms with Crippen LogP contribution in [-0.2, 0) is 6.61 Å². The van der Waals surface area contributed by atoms with Gasteiger partial charge in [0.05, 0.1) is 25.4 Å². The summed E-state index contributed by atoms with van der Waals surface area (Å²) in [6, 6.07) is 18.1. The standard InChI is InChI=1S/C23H21N3O6/c1-30-21-12-9-17(13-22(21)31-2)23(27)25-24-14-18-5-3-4-6-20(18)32-15-16-7-10-19(11-8-16)26(28)29/h3-14H,15H2,1-2H3,(H,25,27)/b24-14+. The van der Waals surface area contributed by atoms with Crippen molar-refractivity contribution in [3.63, 3.8) is 0 Å². The molecule has 0 aliphatic heterocycles. The topological polar surface area (TPSA) is 112 Å². The highest BCUT2D eigenvalue weighted by atomic mass is 16.6. The second-order valence-corrected chi connectivity index (χ2v) is 6.52. The van der Waals surface area contributed by atoms with Crippen molar-refractivity contribution in [3.05, 3.63) is 93.5 Å². The molecule has 1 amide bonds. The van der Waals surface area contributed by atoms with E-state index >= 15 is 0 Å². The second-order valence-electron chi connectivity index (χ2n) is 6.52. The van der Waals surface area contributed by atoms with Gasteiger partial charge in [-0.25, -0.2) is 5.43 Å². The third kappa shape index (κ3) is 5.60. The Morgan fingerprint density at radius 1 is 1.00 bits per heavy atom. The zero-order chi connectivity index (χ0) is 22.9. The van der Waals surface area contributed by atoms with Crippen LogP contribution in [0.4, 0.5) is 5.69 Å². The van der Waals surface area contributed by atoms with Crippen molar-refractivity contribution in [2.45, 2.75) is 6.61 Å². The van der Waals surface area contributed by atoms with Gasteiger partial charge in [-0.1, -0.05) is 12.1 Å². The predicted octanol–water partition coefficient (Wildman–Crippen LogP) is 3.95. The number of rotatable bonds is 9. The summed E-state index contributed by atoms with van der Waals surface area (Å²) in [5, 5.41) is 14.8. The van der Waals surface area contributed by atoms with E-state index in [0.717, 1.165) is 5.56 Å². The van der Waals surface area contributed by atoms with Crippen molar-refractivity contribution in [1.29, 1.82) is 0 Å². The number of nitrogens with one attached hydrogen (secondary N) is 1. The van der Waals surface area contributed by atoms with E-state index < -0.39 is 10.8 Å². The summed E-state index contributed by atoms with van der Waals surface area (Å²) in [5.74, 6) is 1.10. The molecule has 0 saturated carbocycles. The quantitative estimate of drug-likeness (QED) is 0.309. The number of nitro groups is 1. The van der Waals surface area contributed by atoms with E-state index in [9.17, 15) is 14.9 Å². The monoisotopic (exact) mass is 435 g/mol. The Balaban J connectivity index is 1.64. The van der Waals surface area contributed by atoms with Gasteiger partial charge >= 0.3 is 0 Å². The van der Waals surface area contributed by atoms with E-state index in [-0.39, 0.29) is 12.3 Å². The van der Waals surface area contributed by atoms with Crippen molar-refractivity contribution in [1.82, 2.24) is 5.43 Å². The van der Waals surface area contributed by atoms with Gasteiger partial charge in [-0.05, 0) is 48.0 Å². The lowest BCUT2D eigenvalue weighted by molar-refractivity contribution is -0.384. The highest BCUT2D eigenvalue weighted by Crippen LogP contribution is 2.27. The molecule has 0 aliphatic rings. The molecule has 0 radical (unpaired) electrons. The summed E-state index contributed by atoms with van der Waals surface area (Å²) in [7, 11) is 3.01. The Hall–Kier alpha value is -4.40. The van der Waals surface area contributed by atoms with Gasteiger partial charge in [-0.15, -0.1) is 0 Å². The summed E-state index contributed by atoms with van der Waals surface area (Å²) >= 11 is 0. The fourth-order valence-electron chi connectivity index (χ4n) is 2.80. The molecule has 3 rings (SSSR count). The number of nitrogens with zero attached hydrogens (tertiary/aromatic N) is 2. The van der Waals surface area contributed by atoms with Crippen molar-refractivity contribution in [2.75, 3.05) is 14.2 Å². The molecule has 0 unspecified atom stereocenters. The molecule has 0 aliphatic carbocycles. The van der Waals surface area contributed by atoms with Crippen molar-refractivity contribution in [3.8, 4) is 17.2 Å². The Morgan fingerprint density at radius 3 is 2.41 bits per heavy atom. The SMILES string of the molecule is COc1ccc(C(=O)N/N=C/c2ccccc2OCc2ccc([N+](=O)[O-])cc2)cc1OC. The van der Waals surface area contributed by atoms with Gasteiger partial charge in [0.2, 0.25) is 0 Å². The van der Waals surface area contributed by atoms with Gasteiger partial charge in [0.15, 0.2) is 11.5 Å². The zero-order valence-corrected chi connectivity index (χ0v) is 17.5. The smallest absolute Gasteiger partial charge is 0.271 e. The minimum atomic E-state index is -0.452. The van der Waals surface area contributed by atoms with Crippen LogP contribution in [0.15, 0.2) is 71.8 Å². The normalized spacial score (nSPS) is 10.6. The average molecular weight is 435 g/mol. The van der Waals surface area contributed by atoms with Crippen LogP contribution in [0.2, 0.25) is 0 Å². The maximum absolute atomic E-state index is 12.4. The minimum Gasteiger partial charge on any atom is -0.493 e. The van der Waals surface area contributed by atoms with Gasteiger partial charge < -0.3 is 14.2 Å². The number of benzene rings is 3. The first-order valence-corrected chi connectivity index (χ1v) is 9.52. The van der Waals surface area contributed by atoms with Crippen LogP contribution in [0, 0.1) is 10.1 Å². The number of hydrogen-bond acceptors (Lipinski definition) is 7. The minimum absolute atomic E-state index is 0.0199. The van der Waals surface area contributed by atoms with Gasteiger partial charge in [0, 0.05) is 23.3 Å². The van der Waals surface area contributed by atoms with Crippen molar-refractivity contribution in [2.24, 2.45) is 5.10 Å². The molecule has 1 N–H and O–H groups in total. The number of carbonyl (C=O) groups is 1. The predicted molar refractivity (Wildman–Crippen MR) is 118 cm³/mol. The van der Waals surface area contributed by atoms with Crippen LogP contribution in [0.25, 0.3) is 0 Å². The molecule has 3 aromatic rings. The zero-order valence-electron chi connectivity index (χ0n) is 17.5. The molecule has 0 aromatic heterocycles. The summed E-state index contributed by atoms with van der Waals surface area (Å²) in [6.07, 6.45) is 1.48. The number of hydrogen-bond donors (Lipinski definition) is 1. The number of hydrazone groups is 1. The summed E-state index contributed by atoms with van der Waals surface area (Å²) < 4.78 is 16.2. The van der Waals surface area contributed by atoms with Gasteiger partial charge in [-0.3, -0.25) is 14.9 Å². The van der Waals surface area contributed by atoms with Crippen LogP contribution in [0.3, 0.4) is 0 Å². The highest BCUT2D eigenvalue weighted by Gasteiger charge is 2.10. The van der Waals surface area contributed by atoms with Crippen LogP contribution in [-0.4, -0.2) is 31.3 Å². The maximum atomic E-state index is 12.4. The van der Waals surface area contributed by atoms with Crippen LogP contribution in [0.5, 0.6) is 17.2 Å². The molecule has 32 heavy (non-hydrogen) atoms. The van der Waals surface area contributed by atoms with Gasteiger partial charge in [-0.2, -0.15) is 5.10 Å². The third-order valence-electron chi connectivity index (χ3n) is 4.48. The average Bonchev–Trinajstić information content (AvgIpc) is 2.83. The molecule has 0 fully saturated rings. The number of nitro benzene ring substituents is 1.